The number of nitrogens with one attached hydrogen (secondary N) is 1. The second-order valence-electron chi connectivity index (χ2n) is 10.6. The Bertz CT molecular complexity index is 1240. The Labute approximate surface area is 230 Å². The fourth-order valence-corrected chi connectivity index (χ4v) is 5.65. The fourth-order valence-electron chi connectivity index (χ4n) is 5.65. The smallest absolute Gasteiger partial charge is 0.255 e. The van der Waals surface area contributed by atoms with Crippen LogP contribution in [-0.2, 0) is 10.2 Å². The minimum Gasteiger partial charge on any atom is -0.505 e. The molecule has 0 aromatic heterocycles. The lowest BCUT2D eigenvalue weighted by Crippen LogP contribution is -2.57. The predicted molar refractivity (Wildman–Crippen MR) is 152 cm³/mol. The molecule has 0 radical (unpaired) electrons. The molecule has 0 saturated carbocycles. The number of nitrogen functional groups attached to an aromatic ring is 1. The summed E-state index contributed by atoms with van der Waals surface area (Å²) >= 11 is 0. The van der Waals surface area contributed by atoms with Crippen molar-refractivity contribution in [2.24, 2.45) is 0 Å². The molecular weight excluding hydrogens is 492 g/mol. The van der Waals surface area contributed by atoms with E-state index in [0.29, 0.717) is 25.9 Å². The Morgan fingerprint density at radius 3 is 2.15 bits per heavy atom. The number of nitrogens with zero attached hydrogens (tertiary/aromatic N) is 2. The number of β-amino-alcohol motifs (C(OH)–C–C–N with tert-alkyl or cyclic N) is 1. The van der Waals surface area contributed by atoms with Crippen molar-refractivity contribution < 1.29 is 19.8 Å². The second-order valence-corrected chi connectivity index (χ2v) is 10.6. The van der Waals surface area contributed by atoms with E-state index in [0.717, 1.165) is 11.1 Å². The van der Waals surface area contributed by atoms with Gasteiger partial charge in [0.2, 0.25) is 5.91 Å². The van der Waals surface area contributed by atoms with E-state index in [1.807, 2.05) is 60.7 Å². The number of aromatic hydroxyl groups is 1. The molecule has 1 fully saturated rings. The number of para-hydroxylation sites is 1. The number of aliphatic hydroxyl groups excluding tert-OH is 1. The number of nitrogens with two attached hydrogens (primary N) is 1. The van der Waals surface area contributed by atoms with Gasteiger partial charge in [0.1, 0.15) is 5.41 Å². The Kier molecular flexibility index (Phi) is 8.57. The van der Waals surface area contributed by atoms with E-state index in [-0.39, 0.29) is 28.9 Å². The maximum atomic E-state index is 14.0. The molecule has 0 spiro atoms. The topological polar surface area (TPSA) is 119 Å². The lowest BCUT2D eigenvalue weighted by molar-refractivity contribution is -0.134. The summed E-state index contributed by atoms with van der Waals surface area (Å²) in [6.07, 6.45) is 0.214. The van der Waals surface area contributed by atoms with Crippen molar-refractivity contribution in [3.05, 3.63) is 95.6 Å². The van der Waals surface area contributed by atoms with Gasteiger partial charge in [-0.25, -0.2) is 0 Å². The van der Waals surface area contributed by atoms with Crippen LogP contribution >= 0.6 is 0 Å². The normalized spacial score (nSPS) is 18.8. The molecule has 4 rings (SSSR count). The van der Waals surface area contributed by atoms with Gasteiger partial charge in [0, 0.05) is 33.2 Å². The molecule has 8 nitrogen and oxygen atoms in total. The number of piperidine rings is 1. The second kappa shape index (κ2) is 11.9. The first-order valence-corrected chi connectivity index (χ1v) is 13.3. The van der Waals surface area contributed by atoms with E-state index in [9.17, 15) is 19.8 Å². The van der Waals surface area contributed by atoms with Gasteiger partial charge in [-0.3, -0.25) is 14.5 Å². The van der Waals surface area contributed by atoms with Crippen LogP contribution < -0.4 is 11.1 Å². The maximum absolute atomic E-state index is 14.0. The zero-order chi connectivity index (χ0) is 28.2. The van der Waals surface area contributed by atoms with Crippen LogP contribution in [0.5, 0.6) is 5.75 Å². The summed E-state index contributed by atoms with van der Waals surface area (Å²) in [7, 11) is 3.56. The minimum atomic E-state index is -0.910. The largest absolute Gasteiger partial charge is 0.505 e. The van der Waals surface area contributed by atoms with E-state index >= 15 is 0 Å². The van der Waals surface area contributed by atoms with Gasteiger partial charge in [-0.2, -0.15) is 0 Å². The third-order valence-corrected chi connectivity index (χ3v) is 7.77. The molecule has 3 aromatic rings. The Balaban J connectivity index is 1.55. The van der Waals surface area contributed by atoms with Gasteiger partial charge in [0.15, 0.2) is 5.75 Å². The monoisotopic (exact) mass is 530 g/mol. The molecule has 1 saturated heterocycles. The van der Waals surface area contributed by atoms with Gasteiger partial charge in [-0.1, -0.05) is 66.7 Å². The molecule has 3 aromatic carbocycles. The molecule has 1 heterocycles. The molecule has 3 atom stereocenters. The Morgan fingerprint density at radius 2 is 1.62 bits per heavy atom. The zero-order valence-corrected chi connectivity index (χ0v) is 22.7. The minimum absolute atomic E-state index is 0.00334. The first kappa shape index (κ1) is 28.1. The number of phenolic OH excluding ortho intramolecular Hbond substituents is 1. The third kappa shape index (κ3) is 5.77. The highest BCUT2D eigenvalue weighted by atomic mass is 16.3. The summed E-state index contributed by atoms with van der Waals surface area (Å²) in [5, 5.41) is 24.0. The van der Waals surface area contributed by atoms with E-state index < -0.39 is 23.5 Å². The summed E-state index contributed by atoms with van der Waals surface area (Å²) < 4.78 is 0. The number of anilines is 1. The van der Waals surface area contributed by atoms with Gasteiger partial charge in [0.05, 0.1) is 23.4 Å². The quantitative estimate of drug-likeness (QED) is 0.263. The lowest BCUT2D eigenvalue weighted by Gasteiger charge is -2.44. The van der Waals surface area contributed by atoms with Gasteiger partial charge in [0.25, 0.3) is 5.91 Å². The number of hydrogen-bond donors (Lipinski definition) is 4. The highest BCUT2D eigenvalue weighted by Crippen LogP contribution is 2.40. The molecule has 39 heavy (non-hydrogen) atoms. The van der Waals surface area contributed by atoms with Crippen molar-refractivity contribution in [2.45, 2.75) is 43.4 Å². The molecule has 0 bridgehead atoms. The molecule has 0 aliphatic carbocycles. The van der Waals surface area contributed by atoms with Crippen LogP contribution in [0.25, 0.3) is 0 Å². The van der Waals surface area contributed by atoms with Crippen LogP contribution in [0.15, 0.2) is 78.9 Å². The van der Waals surface area contributed by atoms with Crippen LogP contribution in [-0.4, -0.2) is 77.2 Å². The van der Waals surface area contributed by atoms with Crippen molar-refractivity contribution >= 4 is 17.5 Å². The molecule has 8 heteroatoms. The number of rotatable bonds is 8. The SMILES string of the molecule is CC(CC(C(=O)N(C)C)(c1ccccc1)c1ccccc1)N1CCC(NC(=O)c2cccc(N)c2O)C(O)C1. The van der Waals surface area contributed by atoms with Crippen LogP contribution in [0.3, 0.4) is 0 Å². The first-order chi connectivity index (χ1) is 18.6. The van der Waals surface area contributed by atoms with Crippen LogP contribution in [0.1, 0.15) is 41.3 Å². The van der Waals surface area contributed by atoms with Gasteiger partial charge >= 0.3 is 0 Å². The number of likely N-dealkylation sites (N-methyl/N-ethyl adjacent to an activating group) is 1. The average molecular weight is 531 g/mol. The highest BCUT2D eigenvalue weighted by molar-refractivity contribution is 5.98. The van der Waals surface area contributed by atoms with Gasteiger partial charge in [-0.15, -0.1) is 0 Å². The fraction of sp³-hybridized carbons (Fsp3) is 0.355. The average Bonchev–Trinajstić information content (AvgIpc) is 2.94. The lowest BCUT2D eigenvalue weighted by atomic mass is 9.69. The standard InChI is InChI=1S/C31H38N4O4/c1-21(35-18-17-26(27(36)20-35)33-29(38)24-15-10-16-25(32)28(24)37)19-31(30(39)34(2)3,22-11-6-4-7-12-22)23-13-8-5-9-14-23/h4-16,21,26-27,36-37H,17-20,32H2,1-3H3,(H,33,38). The van der Waals surface area contributed by atoms with Crippen LogP contribution in [0.2, 0.25) is 0 Å². The Morgan fingerprint density at radius 1 is 1.03 bits per heavy atom. The molecular formula is C31H38N4O4. The molecule has 5 N–H and O–H groups in total. The summed E-state index contributed by atoms with van der Waals surface area (Å²) in [6, 6.07) is 23.8. The van der Waals surface area contributed by atoms with Gasteiger partial charge < -0.3 is 26.2 Å². The zero-order valence-electron chi connectivity index (χ0n) is 22.7. The third-order valence-electron chi connectivity index (χ3n) is 7.77. The first-order valence-electron chi connectivity index (χ1n) is 13.3. The number of carbonyl (C=O) groups excluding carboxylic acids is 2. The van der Waals surface area contributed by atoms with Crippen molar-refractivity contribution in [1.29, 1.82) is 0 Å². The van der Waals surface area contributed by atoms with Crippen molar-refractivity contribution in [1.82, 2.24) is 15.1 Å². The molecule has 1 aliphatic heterocycles. The molecule has 3 unspecified atom stereocenters. The van der Waals surface area contributed by atoms with Crippen LogP contribution in [0.4, 0.5) is 5.69 Å². The van der Waals surface area contributed by atoms with Crippen molar-refractivity contribution in [2.75, 3.05) is 32.9 Å². The number of phenols is 1. The summed E-state index contributed by atoms with van der Waals surface area (Å²) in [5.74, 6) is -0.746. The summed E-state index contributed by atoms with van der Waals surface area (Å²) in [5.41, 5.74) is 6.87. The maximum Gasteiger partial charge on any atom is 0.255 e. The number of likely N-dealkylation sites (tertiary alicyclic amines) is 1. The number of amides is 2. The van der Waals surface area contributed by atoms with E-state index in [4.69, 9.17) is 5.73 Å². The van der Waals surface area contributed by atoms with Crippen molar-refractivity contribution in [3.8, 4) is 5.75 Å². The molecule has 2 amide bonds. The number of carbonyl (C=O) groups is 2. The van der Waals surface area contributed by atoms with Gasteiger partial charge in [-0.05, 0) is 43.0 Å². The van der Waals surface area contributed by atoms with E-state index in [2.05, 4.69) is 17.1 Å². The molecule has 1 aliphatic rings. The summed E-state index contributed by atoms with van der Waals surface area (Å²) in [4.78, 5) is 30.6. The Hall–Kier alpha value is -3.88. The van der Waals surface area contributed by atoms with Crippen LogP contribution in [0, 0.1) is 0 Å². The van der Waals surface area contributed by atoms with E-state index in [1.165, 1.54) is 12.1 Å². The molecule has 206 valence electrons. The number of aliphatic hydroxyl groups is 1. The summed E-state index contributed by atoms with van der Waals surface area (Å²) in [6.45, 7) is 3.05. The van der Waals surface area contributed by atoms with Crippen molar-refractivity contribution in [3.63, 3.8) is 0 Å². The number of benzene rings is 3. The predicted octanol–water partition coefficient (Wildman–Crippen LogP) is 2.99. The van der Waals surface area contributed by atoms with E-state index in [1.54, 1.807) is 25.1 Å². The highest BCUT2D eigenvalue weighted by Gasteiger charge is 2.45. The number of hydrogen-bond acceptors (Lipinski definition) is 6.